The standard InChI is InChI=1S/C16H27N7O2/c1-19-9-13(10-20-11-17)15(22-5-7-25-8-6-22)14-3-4-23(24-2)16(14)21-12-18/h9-10,12,15H,1,3-8,11,17H2,2H3,(H2,18,21)/b13-9+,20-10-. The highest BCUT2D eigenvalue weighted by atomic mass is 16.7. The van der Waals surface area contributed by atoms with Crippen molar-refractivity contribution in [2.45, 2.75) is 12.5 Å². The van der Waals surface area contributed by atoms with E-state index in [1.54, 1.807) is 24.6 Å². The Hall–Kier alpha value is -2.07. The van der Waals surface area contributed by atoms with Crippen LogP contribution in [0.1, 0.15) is 6.42 Å². The Morgan fingerprint density at radius 3 is 2.76 bits per heavy atom. The third-order valence-corrected chi connectivity index (χ3v) is 4.17. The lowest BCUT2D eigenvalue weighted by Gasteiger charge is -2.35. The Kier molecular flexibility index (Phi) is 7.74. The predicted molar refractivity (Wildman–Crippen MR) is 99.4 cm³/mol. The maximum Gasteiger partial charge on any atom is 0.155 e. The Labute approximate surface area is 148 Å². The molecule has 1 fully saturated rings. The maximum absolute atomic E-state index is 5.55. The average molecular weight is 349 g/mol. The van der Waals surface area contributed by atoms with Gasteiger partial charge in [0, 0.05) is 31.1 Å². The number of hydrogen-bond acceptors (Lipinski definition) is 8. The zero-order valence-electron chi connectivity index (χ0n) is 14.7. The topological polar surface area (TPSA) is 114 Å². The van der Waals surface area contributed by atoms with E-state index in [2.05, 4.69) is 26.6 Å². The van der Waals surface area contributed by atoms with Crippen LogP contribution in [0.15, 0.2) is 38.1 Å². The van der Waals surface area contributed by atoms with Gasteiger partial charge in [0.2, 0.25) is 0 Å². The number of rotatable bonds is 8. The second-order valence-electron chi connectivity index (χ2n) is 5.52. The van der Waals surface area contributed by atoms with Crippen molar-refractivity contribution >= 4 is 19.3 Å². The minimum absolute atomic E-state index is 0.0662. The molecule has 0 aromatic carbocycles. The van der Waals surface area contributed by atoms with Crippen LogP contribution in [0, 0.1) is 0 Å². The lowest BCUT2D eigenvalue weighted by atomic mass is 9.96. The van der Waals surface area contributed by atoms with Crippen molar-refractivity contribution in [2.24, 2.45) is 26.4 Å². The van der Waals surface area contributed by atoms with Gasteiger partial charge in [-0.2, -0.15) is 0 Å². The third-order valence-electron chi connectivity index (χ3n) is 4.17. The first-order chi connectivity index (χ1) is 12.3. The van der Waals surface area contributed by atoms with Crippen LogP contribution in [0.4, 0.5) is 0 Å². The molecule has 2 aliphatic rings. The van der Waals surface area contributed by atoms with Crippen molar-refractivity contribution in [1.29, 1.82) is 0 Å². The fraction of sp³-hybridized carbons (Fsp3) is 0.562. The van der Waals surface area contributed by atoms with Gasteiger partial charge < -0.3 is 16.2 Å². The highest BCUT2D eigenvalue weighted by Gasteiger charge is 2.34. The molecule has 25 heavy (non-hydrogen) atoms. The van der Waals surface area contributed by atoms with Crippen LogP contribution in [0.5, 0.6) is 0 Å². The summed E-state index contributed by atoms with van der Waals surface area (Å²) < 4.78 is 5.50. The molecule has 9 nitrogen and oxygen atoms in total. The van der Waals surface area contributed by atoms with E-state index in [-0.39, 0.29) is 12.7 Å². The van der Waals surface area contributed by atoms with Crippen molar-refractivity contribution < 1.29 is 9.57 Å². The smallest absolute Gasteiger partial charge is 0.155 e. The molecule has 0 aromatic rings. The fourth-order valence-corrected chi connectivity index (χ4v) is 3.16. The molecule has 1 unspecified atom stereocenters. The summed E-state index contributed by atoms with van der Waals surface area (Å²) in [6.07, 6.45) is 5.55. The molecule has 0 bridgehead atoms. The van der Waals surface area contributed by atoms with Crippen LogP contribution < -0.4 is 11.5 Å². The van der Waals surface area contributed by atoms with Gasteiger partial charge >= 0.3 is 0 Å². The molecule has 0 amide bonds. The minimum atomic E-state index is -0.0662. The fourth-order valence-electron chi connectivity index (χ4n) is 3.16. The van der Waals surface area contributed by atoms with Crippen LogP contribution in [0.2, 0.25) is 0 Å². The second kappa shape index (κ2) is 10.0. The van der Waals surface area contributed by atoms with Gasteiger partial charge in [-0.1, -0.05) is 0 Å². The summed E-state index contributed by atoms with van der Waals surface area (Å²) in [7, 11) is 1.62. The minimum Gasteiger partial charge on any atom is -0.390 e. The van der Waals surface area contributed by atoms with Crippen LogP contribution in [-0.2, 0) is 9.57 Å². The van der Waals surface area contributed by atoms with E-state index in [1.165, 1.54) is 6.34 Å². The van der Waals surface area contributed by atoms with Crippen LogP contribution in [-0.4, -0.2) is 81.9 Å². The summed E-state index contributed by atoms with van der Waals surface area (Å²) in [5, 5.41) is 1.74. The Morgan fingerprint density at radius 1 is 1.40 bits per heavy atom. The normalized spacial score (nSPS) is 21.7. The highest BCUT2D eigenvalue weighted by Crippen LogP contribution is 2.32. The molecule has 4 N–H and O–H groups in total. The van der Waals surface area contributed by atoms with Crippen molar-refractivity contribution in [2.75, 3.05) is 46.6 Å². The molecule has 0 radical (unpaired) electrons. The van der Waals surface area contributed by atoms with E-state index < -0.39 is 0 Å². The van der Waals surface area contributed by atoms with E-state index in [0.29, 0.717) is 19.8 Å². The highest BCUT2D eigenvalue weighted by molar-refractivity contribution is 5.81. The largest absolute Gasteiger partial charge is 0.390 e. The zero-order chi connectivity index (χ0) is 18.1. The van der Waals surface area contributed by atoms with Crippen molar-refractivity contribution in [3.8, 4) is 0 Å². The van der Waals surface area contributed by atoms with Crippen molar-refractivity contribution in [3.05, 3.63) is 23.2 Å². The molecule has 2 rings (SSSR count). The van der Waals surface area contributed by atoms with E-state index in [0.717, 1.165) is 36.5 Å². The van der Waals surface area contributed by atoms with Gasteiger partial charge in [-0.3, -0.25) is 19.7 Å². The molecule has 138 valence electrons. The van der Waals surface area contributed by atoms with Gasteiger partial charge in [0.1, 0.15) is 0 Å². The number of morpholine rings is 1. The van der Waals surface area contributed by atoms with Crippen LogP contribution in [0.3, 0.4) is 0 Å². The van der Waals surface area contributed by atoms with E-state index >= 15 is 0 Å². The van der Waals surface area contributed by atoms with Gasteiger partial charge in [-0.05, 0) is 18.7 Å². The summed E-state index contributed by atoms with van der Waals surface area (Å²) in [6, 6.07) is -0.0662. The molecular weight excluding hydrogens is 322 g/mol. The average Bonchev–Trinajstić information content (AvgIpc) is 3.04. The maximum atomic E-state index is 5.55. The lowest BCUT2D eigenvalue weighted by molar-refractivity contribution is -0.0920. The summed E-state index contributed by atoms with van der Waals surface area (Å²) in [5.41, 5.74) is 13.1. The Balaban J connectivity index is 2.49. The van der Waals surface area contributed by atoms with Crippen LogP contribution in [0.25, 0.3) is 0 Å². The first-order valence-electron chi connectivity index (χ1n) is 8.23. The number of nitrogens with zero attached hydrogens (tertiary/aromatic N) is 5. The molecule has 0 aromatic heterocycles. The van der Waals surface area contributed by atoms with Gasteiger partial charge in [0.05, 0.1) is 45.9 Å². The summed E-state index contributed by atoms with van der Waals surface area (Å²) in [6.45, 7) is 7.45. The molecule has 2 aliphatic heterocycles. The SMILES string of the molecule is C=N/C=C(\C=N/CN)C(C1=C(/N=C\N)N(OC)CC1)N1CCOCC1. The van der Waals surface area contributed by atoms with Crippen molar-refractivity contribution in [1.82, 2.24) is 9.96 Å². The number of hydroxylamine groups is 2. The molecule has 9 heteroatoms. The number of nitrogens with two attached hydrogens (primary N) is 2. The van der Waals surface area contributed by atoms with Crippen LogP contribution >= 0.6 is 0 Å². The molecule has 0 saturated carbocycles. The number of hydrogen-bond donors (Lipinski definition) is 2. The summed E-state index contributed by atoms with van der Waals surface area (Å²) in [4.78, 5) is 20.2. The predicted octanol–water partition coefficient (Wildman–Crippen LogP) is -0.276. The zero-order valence-corrected chi connectivity index (χ0v) is 14.7. The van der Waals surface area contributed by atoms with Gasteiger partial charge in [0.25, 0.3) is 0 Å². The molecule has 0 aliphatic carbocycles. The van der Waals surface area contributed by atoms with E-state index in [4.69, 9.17) is 21.0 Å². The molecule has 2 heterocycles. The molecule has 1 saturated heterocycles. The van der Waals surface area contributed by atoms with E-state index in [1.807, 2.05) is 0 Å². The van der Waals surface area contributed by atoms with Gasteiger partial charge in [-0.15, -0.1) is 0 Å². The molecule has 1 atom stereocenters. The first kappa shape index (κ1) is 19.3. The summed E-state index contributed by atoms with van der Waals surface area (Å²) in [5.74, 6) is 0.720. The molecule has 0 spiro atoms. The summed E-state index contributed by atoms with van der Waals surface area (Å²) >= 11 is 0. The quantitative estimate of drug-likeness (QED) is 0.460. The second-order valence-corrected chi connectivity index (χ2v) is 5.52. The number of ether oxygens (including phenoxy) is 1. The third kappa shape index (κ3) is 4.73. The van der Waals surface area contributed by atoms with Gasteiger partial charge in [0.15, 0.2) is 5.82 Å². The van der Waals surface area contributed by atoms with Crippen molar-refractivity contribution in [3.63, 3.8) is 0 Å². The number of aliphatic imine (C=N–C) groups is 3. The van der Waals surface area contributed by atoms with Gasteiger partial charge in [-0.25, -0.2) is 10.1 Å². The Morgan fingerprint density at radius 2 is 2.16 bits per heavy atom. The molecular formula is C16H27N7O2. The van der Waals surface area contributed by atoms with E-state index in [9.17, 15) is 0 Å². The first-order valence-corrected chi connectivity index (χ1v) is 8.23. The Bertz CT molecular complexity index is 565. The lowest BCUT2D eigenvalue weighted by Crippen LogP contribution is -2.45. The monoisotopic (exact) mass is 349 g/mol.